The minimum absolute atomic E-state index is 0.274. The van der Waals surface area contributed by atoms with Gasteiger partial charge in [-0.25, -0.2) is 4.98 Å². The van der Waals surface area contributed by atoms with Gasteiger partial charge in [-0.2, -0.15) is 0 Å². The van der Waals surface area contributed by atoms with E-state index >= 15 is 0 Å². The number of methoxy groups -OCH3 is 1. The highest BCUT2D eigenvalue weighted by molar-refractivity contribution is 6.20. The second-order valence-corrected chi connectivity index (χ2v) is 6.01. The highest BCUT2D eigenvalue weighted by Crippen LogP contribution is 2.31. The third kappa shape index (κ3) is 2.42. The molecule has 0 bridgehead atoms. The Morgan fingerprint density at radius 2 is 2.20 bits per heavy atom. The van der Waals surface area contributed by atoms with Gasteiger partial charge in [0, 0.05) is 30.0 Å². The maximum Gasteiger partial charge on any atom is 0.136 e. The Balaban J connectivity index is 2.02. The number of halogens is 1. The van der Waals surface area contributed by atoms with Gasteiger partial charge in [-0.3, -0.25) is 0 Å². The minimum Gasteiger partial charge on any atom is -0.497 e. The summed E-state index contributed by atoms with van der Waals surface area (Å²) >= 11 is 6.32. The van der Waals surface area contributed by atoms with Crippen LogP contribution in [0.2, 0.25) is 0 Å². The molecule has 0 radical (unpaired) electrons. The molecule has 0 saturated carbocycles. The van der Waals surface area contributed by atoms with Crippen LogP contribution in [0.3, 0.4) is 0 Å². The Hall–Kier alpha value is -1.48. The Morgan fingerprint density at radius 1 is 1.35 bits per heavy atom. The third-order valence-electron chi connectivity index (χ3n) is 4.05. The second-order valence-electron chi connectivity index (χ2n) is 5.45. The molecule has 2 heterocycles. The lowest BCUT2D eigenvalue weighted by Crippen LogP contribution is -2.40. The van der Waals surface area contributed by atoms with Gasteiger partial charge in [-0.05, 0) is 35.9 Å². The Morgan fingerprint density at radius 3 is 2.95 bits per heavy atom. The van der Waals surface area contributed by atoms with Gasteiger partial charge in [0.05, 0.1) is 7.11 Å². The molecule has 1 aliphatic heterocycles. The zero-order valence-electron chi connectivity index (χ0n) is 11.8. The predicted octanol–water partition coefficient (Wildman–Crippen LogP) is 3.70. The van der Waals surface area contributed by atoms with Crippen LogP contribution in [-0.2, 0) is 0 Å². The summed E-state index contributed by atoms with van der Waals surface area (Å²) in [5.41, 5.74) is 0. The number of aromatic nitrogens is 1. The number of hydrogen-bond acceptors (Lipinski definition) is 3. The van der Waals surface area contributed by atoms with E-state index < -0.39 is 0 Å². The van der Waals surface area contributed by atoms with Crippen LogP contribution in [0.4, 0.5) is 5.82 Å². The summed E-state index contributed by atoms with van der Waals surface area (Å²) in [6.07, 6.45) is 2.88. The summed E-state index contributed by atoms with van der Waals surface area (Å²) in [5, 5.41) is 2.61. The van der Waals surface area contributed by atoms with Crippen molar-refractivity contribution in [1.29, 1.82) is 0 Å². The maximum absolute atomic E-state index is 6.32. The lowest BCUT2D eigenvalue weighted by atomic mass is 9.99. The van der Waals surface area contributed by atoms with Crippen molar-refractivity contribution in [3.63, 3.8) is 0 Å². The van der Waals surface area contributed by atoms with Crippen molar-refractivity contribution in [2.75, 3.05) is 25.1 Å². The number of pyridine rings is 1. The van der Waals surface area contributed by atoms with E-state index in [2.05, 4.69) is 28.9 Å². The van der Waals surface area contributed by atoms with Gasteiger partial charge >= 0.3 is 0 Å². The summed E-state index contributed by atoms with van der Waals surface area (Å²) in [6, 6.07) is 8.17. The van der Waals surface area contributed by atoms with E-state index in [-0.39, 0.29) is 5.38 Å². The van der Waals surface area contributed by atoms with Crippen LogP contribution in [0.5, 0.6) is 5.75 Å². The summed E-state index contributed by atoms with van der Waals surface area (Å²) in [5.74, 6) is 2.39. The van der Waals surface area contributed by atoms with Gasteiger partial charge in [0.2, 0.25) is 0 Å². The van der Waals surface area contributed by atoms with Crippen molar-refractivity contribution in [3.05, 3.63) is 30.5 Å². The molecule has 2 atom stereocenters. The van der Waals surface area contributed by atoms with Gasteiger partial charge in [0.1, 0.15) is 11.6 Å². The average Bonchev–Trinajstić information content (AvgIpc) is 2.49. The molecule has 0 amide bonds. The molecule has 1 aromatic carbocycles. The Labute approximate surface area is 124 Å². The normalized spacial score (nSPS) is 23.1. The van der Waals surface area contributed by atoms with E-state index in [4.69, 9.17) is 16.3 Å². The van der Waals surface area contributed by atoms with Crippen molar-refractivity contribution in [3.8, 4) is 5.75 Å². The fraction of sp³-hybridized carbons (Fsp3) is 0.438. The van der Waals surface area contributed by atoms with E-state index in [1.165, 1.54) is 5.39 Å². The molecular weight excluding hydrogens is 272 g/mol. The quantitative estimate of drug-likeness (QED) is 0.789. The number of fused-ring (bicyclic) bond motifs is 1. The lowest BCUT2D eigenvalue weighted by molar-refractivity contribution is 0.415. The molecule has 2 unspecified atom stereocenters. The van der Waals surface area contributed by atoms with E-state index in [9.17, 15) is 0 Å². The fourth-order valence-corrected chi connectivity index (χ4v) is 3.00. The van der Waals surface area contributed by atoms with Crippen LogP contribution in [0.1, 0.15) is 13.3 Å². The predicted molar refractivity (Wildman–Crippen MR) is 83.9 cm³/mol. The number of anilines is 1. The zero-order valence-corrected chi connectivity index (χ0v) is 12.6. The summed E-state index contributed by atoms with van der Waals surface area (Å²) in [4.78, 5) is 6.93. The summed E-state index contributed by atoms with van der Waals surface area (Å²) < 4.78 is 5.34. The number of benzene rings is 1. The zero-order chi connectivity index (χ0) is 14.1. The van der Waals surface area contributed by atoms with Gasteiger partial charge in [0.15, 0.2) is 0 Å². The SMILES string of the molecule is COc1ccc2ccnc(N3CCC(Cl)C(C)C3)c2c1. The number of rotatable bonds is 2. The lowest BCUT2D eigenvalue weighted by Gasteiger charge is -2.35. The van der Waals surface area contributed by atoms with Crippen molar-refractivity contribution in [2.45, 2.75) is 18.7 Å². The maximum atomic E-state index is 6.32. The van der Waals surface area contributed by atoms with E-state index in [1.807, 2.05) is 18.3 Å². The molecule has 106 valence electrons. The molecule has 1 aliphatic rings. The van der Waals surface area contributed by atoms with Crippen LogP contribution >= 0.6 is 11.6 Å². The molecule has 4 heteroatoms. The highest BCUT2D eigenvalue weighted by Gasteiger charge is 2.25. The van der Waals surface area contributed by atoms with Crippen molar-refractivity contribution in [1.82, 2.24) is 4.98 Å². The Kier molecular flexibility index (Phi) is 3.70. The van der Waals surface area contributed by atoms with Gasteiger partial charge in [-0.1, -0.05) is 13.0 Å². The summed E-state index contributed by atoms with van der Waals surface area (Å²) in [6.45, 7) is 4.12. The van der Waals surface area contributed by atoms with Crippen LogP contribution in [0.15, 0.2) is 30.5 Å². The molecule has 0 spiro atoms. The van der Waals surface area contributed by atoms with Crippen LogP contribution < -0.4 is 9.64 Å². The average molecular weight is 291 g/mol. The van der Waals surface area contributed by atoms with Crippen molar-refractivity contribution < 1.29 is 4.74 Å². The van der Waals surface area contributed by atoms with E-state index in [1.54, 1.807) is 7.11 Å². The first kappa shape index (κ1) is 13.5. The van der Waals surface area contributed by atoms with Crippen molar-refractivity contribution in [2.24, 2.45) is 5.92 Å². The molecule has 0 N–H and O–H groups in total. The summed E-state index contributed by atoms with van der Waals surface area (Å²) in [7, 11) is 1.69. The van der Waals surface area contributed by atoms with Gasteiger partial charge in [0.25, 0.3) is 0 Å². The van der Waals surface area contributed by atoms with Crippen LogP contribution in [0, 0.1) is 5.92 Å². The largest absolute Gasteiger partial charge is 0.497 e. The first-order valence-corrected chi connectivity index (χ1v) is 7.44. The number of hydrogen-bond donors (Lipinski definition) is 0. The van der Waals surface area contributed by atoms with Crippen LogP contribution in [0.25, 0.3) is 10.8 Å². The molecule has 1 saturated heterocycles. The van der Waals surface area contributed by atoms with E-state index in [0.717, 1.165) is 36.5 Å². The second kappa shape index (κ2) is 5.49. The first-order valence-electron chi connectivity index (χ1n) is 7.01. The molecule has 20 heavy (non-hydrogen) atoms. The third-order valence-corrected chi connectivity index (χ3v) is 4.70. The molecule has 3 rings (SSSR count). The molecular formula is C16H19ClN2O. The monoisotopic (exact) mass is 290 g/mol. The fourth-order valence-electron chi connectivity index (χ4n) is 2.82. The number of ether oxygens (including phenoxy) is 1. The van der Waals surface area contributed by atoms with Crippen LogP contribution in [-0.4, -0.2) is 30.6 Å². The molecule has 3 nitrogen and oxygen atoms in total. The minimum atomic E-state index is 0.274. The molecule has 2 aromatic rings. The highest BCUT2D eigenvalue weighted by atomic mass is 35.5. The first-order chi connectivity index (χ1) is 9.69. The van der Waals surface area contributed by atoms with Gasteiger partial charge < -0.3 is 9.64 Å². The number of piperidine rings is 1. The molecule has 1 aromatic heterocycles. The standard InChI is InChI=1S/C16H19ClN2O/c1-11-10-19(8-6-15(11)17)16-14-9-13(20-2)4-3-12(14)5-7-18-16/h3-5,7,9,11,15H,6,8,10H2,1-2H3. The topological polar surface area (TPSA) is 25.4 Å². The van der Waals surface area contributed by atoms with E-state index in [0.29, 0.717) is 5.92 Å². The molecule has 1 fully saturated rings. The molecule has 0 aliphatic carbocycles. The van der Waals surface area contributed by atoms with Crippen molar-refractivity contribution >= 4 is 28.2 Å². The Bertz CT molecular complexity index is 616. The number of alkyl halides is 1. The number of nitrogens with zero attached hydrogens (tertiary/aromatic N) is 2. The smallest absolute Gasteiger partial charge is 0.136 e. The van der Waals surface area contributed by atoms with Gasteiger partial charge in [-0.15, -0.1) is 11.6 Å².